The molecule has 1 radical (unpaired) electrons. The molecule has 0 aliphatic carbocycles. The van der Waals surface area contributed by atoms with Crippen molar-refractivity contribution in [2.24, 2.45) is 0 Å². The van der Waals surface area contributed by atoms with E-state index in [1.54, 1.807) is 0 Å². The molecule has 1 atom stereocenters. The molecule has 1 heterocycles. The van der Waals surface area contributed by atoms with Crippen molar-refractivity contribution >= 4 is 26.7 Å². The van der Waals surface area contributed by atoms with Gasteiger partial charge in [0.1, 0.15) is 0 Å². The molecule has 1 aliphatic rings. The van der Waals surface area contributed by atoms with E-state index >= 15 is 0 Å². The van der Waals surface area contributed by atoms with Crippen LogP contribution >= 0.6 is 11.8 Å². The monoisotopic (exact) mass is 230 g/mol. The Morgan fingerprint density at radius 1 is 1.27 bits per heavy atom. The number of rotatable bonds is 1. The van der Waals surface area contributed by atoms with Gasteiger partial charge in [-0.3, -0.25) is 0 Å². The Hall–Kier alpha value is 0.0895. The zero-order valence-corrected chi connectivity index (χ0v) is 8.72. The van der Waals surface area contributed by atoms with Gasteiger partial charge in [-0.15, -0.1) is 0 Å². The van der Waals surface area contributed by atoms with Crippen molar-refractivity contribution in [2.75, 3.05) is 4.65 Å². The van der Waals surface area contributed by atoms with Crippen LogP contribution in [-0.2, 0) is 0 Å². The quantitative estimate of drug-likeness (QED) is 0.667. The fourth-order valence-corrected chi connectivity index (χ4v) is 6.20. The van der Waals surface area contributed by atoms with Crippen molar-refractivity contribution in [3.63, 3.8) is 0 Å². The average molecular weight is 229 g/mol. The first-order valence-corrected chi connectivity index (χ1v) is 7.18. The van der Waals surface area contributed by atoms with Crippen LogP contribution in [0.25, 0.3) is 0 Å². The van der Waals surface area contributed by atoms with Gasteiger partial charge in [0.25, 0.3) is 0 Å². The maximum absolute atomic E-state index is 2.25. The Morgan fingerprint density at radius 3 is 2.73 bits per heavy atom. The second-order valence-corrected chi connectivity index (χ2v) is 6.73. The van der Waals surface area contributed by atoms with Gasteiger partial charge in [-0.25, -0.2) is 0 Å². The summed E-state index contributed by atoms with van der Waals surface area (Å²) in [5.74, 6) is 0. The van der Waals surface area contributed by atoms with Gasteiger partial charge in [0.05, 0.1) is 0 Å². The molecule has 2 rings (SSSR count). The van der Waals surface area contributed by atoms with Crippen molar-refractivity contribution in [1.29, 1.82) is 0 Å². The molecule has 0 nitrogen and oxygen atoms in total. The Kier molecular flexibility index (Phi) is 2.57. The van der Waals surface area contributed by atoms with Crippen molar-refractivity contribution < 1.29 is 0 Å². The van der Waals surface area contributed by atoms with Gasteiger partial charge in [-0.1, -0.05) is 0 Å². The van der Waals surface area contributed by atoms with E-state index in [1.165, 1.54) is 15.5 Å². The van der Waals surface area contributed by atoms with Crippen molar-refractivity contribution in [1.82, 2.24) is 0 Å². The third kappa shape index (κ3) is 1.81. The molecule has 57 valence electrons. The predicted molar refractivity (Wildman–Crippen MR) is 52.2 cm³/mol. The summed E-state index contributed by atoms with van der Waals surface area (Å²) in [6.45, 7) is 0. The summed E-state index contributed by atoms with van der Waals surface area (Å²) in [4.78, 5) is 0. The summed E-state index contributed by atoms with van der Waals surface area (Å²) >= 11 is 3.03. The van der Waals surface area contributed by atoms with Crippen molar-refractivity contribution in [3.05, 3.63) is 35.9 Å². The van der Waals surface area contributed by atoms with Crippen LogP contribution in [0.1, 0.15) is 10.8 Å². The molecule has 0 bridgehead atoms. The number of hydrogen-bond acceptors (Lipinski definition) is 1. The van der Waals surface area contributed by atoms with E-state index in [4.69, 9.17) is 0 Å². The summed E-state index contributed by atoms with van der Waals surface area (Å²) in [5, 5.41) is 2.25. The summed E-state index contributed by atoms with van der Waals surface area (Å²) in [6, 6.07) is 10.9. The Labute approximate surface area is 77.9 Å². The molecule has 11 heavy (non-hydrogen) atoms. The molecule has 1 aromatic rings. The van der Waals surface area contributed by atoms with Crippen LogP contribution in [0.3, 0.4) is 0 Å². The second-order valence-electron chi connectivity index (χ2n) is 2.55. The first-order valence-electron chi connectivity index (χ1n) is 3.71. The third-order valence-corrected chi connectivity index (χ3v) is 6.51. The van der Waals surface area contributed by atoms with Crippen LogP contribution in [0, 0.1) is 0 Å². The molecular formula is C9H10SSe+. The molecule has 2 heteroatoms. The molecule has 0 amide bonds. The predicted octanol–water partition coefficient (Wildman–Crippen LogP) is 2.55. The van der Waals surface area contributed by atoms with Crippen LogP contribution in [0.2, 0.25) is 5.32 Å². The van der Waals surface area contributed by atoms with Crippen LogP contribution in [0.4, 0.5) is 0 Å². The normalized spacial score (nSPS) is 23.8. The molecule has 0 aromatic heterocycles. The zero-order chi connectivity index (χ0) is 7.52. The van der Waals surface area contributed by atoms with E-state index in [9.17, 15) is 0 Å². The average Bonchev–Trinajstić information content (AvgIpc) is 2.58. The van der Waals surface area contributed by atoms with Gasteiger partial charge in [0.2, 0.25) is 0 Å². The minimum absolute atomic E-state index is 0.816. The standard InChI is InChI=1S/C9H10SSe/c1-2-4-8(5-3-1)9-6-11-7-10-9/h1-5,9H,6-7H2/q+1. The van der Waals surface area contributed by atoms with Gasteiger partial charge in [-0.2, -0.15) is 0 Å². The fourth-order valence-electron chi connectivity index (χ4n) is 1.19. The van der Waals surface area contributed by atoms with E-state index in [1.807, 2.05) is 0 Å². The third-order valence-electron chi connectivity index (χ3n) is 1.79. The number of benzene rings is 1. The van der Waals surface area contributed by atoms with E-state index in [0.29, 0.717) is 0 Å². The van der Waals surface area contributed by atoms with E-state index < -0.39 is 0 Å². The molecule has 1 aliphatic heterocycles. The Morgan fingerprint density at radius 2 is 2.09 bits per heavy atom. The molecule has 1 unspecified atom stereocenters. The van der Waals surface area contributed by atoms with Crippen LogP contribution < -0.4 is 0 Å². The van der Waals surface area contributed by atoms with Crippen molar-refractivity contribution in [2.45, 2.75) is 10.6 Å². The second kappa shape index (κ2) is 3.66. The van der Waals surface area contributed by atoms with Gasteiger partial charge in [-0.05, 0) is 0 Å². The van der Waals surface area contributed by atoms with Gasteiger partial charge in [0, 0.05) is 0 Å². The van der Waals surface area contributed by atoms with Crippen molar-refractivity contribution in [3.8, 4) is 0 Å². The van der Waals surface area contributed by atoms with E-state index in [-0.39, 0.29) is 0 Å². The summed E-state index contributed by atoms with van der Waals surface area (Å²) in [7, 11) is 0. The fraction of sp³-hybridized carbons (Fsp3) is 0.333. The van der Waals surface area contributed by atoms with E-state index in [0.717, 1.165) is 20.2 Å². The molecule has 0 saturated carbocycles. The van der Waals surface area contributed by atoms with Crippen LogP contribution in [-0.4, -0.2) is 19.6 Å². The van der Waals surface area contributed by atoms with Gasteiger partial charge < -0.3 is 0 Å². The molecule has 1 aromatic carbocycles. The Bertz CT molecular complexity index is 216. The van der Waals surface area contributed by atoms with Gasteiger partial charge in [0.15, 0.2) is 0 Å². The Balaban J connectivity index is 2.16. The molecule has 1 saturated heterocycles. The molecule has 1 fully saturated rings. The summed E-state index contributed by atoms with van der Waals surface area (Å²) in [5.41, 5.74) is 1.52. The van der Waals surface area contributed by atoms with Gasteiger partial charge >= 0.3 is 77.8 Å². The zero-order valence-electron chi connectivity index (χ0n) is 6.19. The first-order chi connectivity index (χ1) is 5.47. The van der Waals surface area contributed by atoms with Crippen LogP contribution in [0.15, 0.2) is 30.3 Å². The maximum atomic E-state index is 2.25. The minimum atomic E-state index is 0.816. The number of hydrogen-bond donors (Lipinski definition) is 0. The molecule has 0 spiro atoms. The van der Waals surface area contributed by atoms with E-state index in [2.05, 4.69) is 42.1 Å². The first kappa shape index (κ1) is 7.72. The SMILES string of the molecule is c1ccc(C2C[Se+]CS2)cc1. The molecule has 0 N–H and O–H groups in total. The number of thioether (sulfide) groups is 1. The molecular weight excluding hydrogens is 219 g/mol. The summed E-state index contributed by atoms with van der Waals surface area (Å²) in [6.07, 6.45) is 0. The topological polar surface area (TPSA) is 0 Å². The summed E-state index contributed by atoms with van der Waals surface area (Å²) < 4.78 is 1.41. The van der Waals surface area contributed by atoms with Crippen LogP contribution in [0.5, 0.6) is 0 Å².